The van der Waals surface area contributed by atoms with Gasteiger partial charge in [-0.2, -0.15) is 0 Å². The molecule has 0 saturated carbocycles. The summed E-state index contributed by atoms with van der Waals surface area (Å²) < 4.78 is 0. The summed E-state index contributed by atoms with van der Waals surface area (Å²) in [5, 5.41) is 3.50. The van der Waals surface area contributed by atoms with E-state index in [1.165, 1.54) is 11.3 Å². The lowest BCUT2D eigenvalue weighted by molar-refractivity contribution is 0.103. The molecular weight excluding hydrogens is 358 g/mol. The van der Waals surface area contributed by atoms with Crippen molar-refractivity contribution in [1.82, 2.24) is 9.97 Å². The van der Waals surface area contributed by atoms with Crippen LogP contribution in [0.15, 0.2) is 59.4 Å². The molecule has 0 aliphatic rings. The quantitative estimate of drug-likeness (QED) is 0.497. The average Bonchev–Trinajstić information content (AvgIpc) is 3.20. The molecule has 2 aromatic heterocycles. The van der Waals surface area contributed by atoms with Crippen molar-refractivity contribution < 1.29 is 4.79 Å². The Hall–Kier alpha value is -2.83. The average molecular weight is 370 g/mol. The van der Waals surface area contributed by atoms with Crippen molar-refractivity contribution in [2.24, 2.45) is 0 Å². The van der Waals surface area contributed by atoms with E-state index in [1.807, 2.05) is 30.3 Å². The minimum atomic E-state index is -0.275. The monoisotopic (exact) mass is 369 g/mol. The lowest BCUT2D eigenvalue weighted by Gasteiger charge is -2.03. The van der Waals surface area contributed by atoms with E-state index in [1.54, 1.807) is 24.3 Å². The number of amides is 1. The van der Waals surface area contributed by atoms with Gasteiger partial charge in [0.05, 0.1) is 15.9 Å². The highest BCUT2D eigenvalue weighted by Crippen LogP contribution is 2.30. The number of hydrogen-bond donors (Lipinski definition) is 3. The molecule has 2 aromatic carbocycles. The van der Waals surface area contributed by atoms with E-state index in [9.17, 15) is 9.59 Å². The van der Waals surface area contributed by atoms with Gasteiger partial charge in [-0.1, -0.05) is 23.7 Å². The molecule has 4 aromatic rings. The number of nitrogens with one attached hydrogen (secondary N) is 3. The van der Waals surface area contributed by atoms with E-state index < -0.39 is 0 Å². The van der Waals surface area contributed by atoms with Gasteiger partial charge in [0.15, 0.2) is 0 Å². The minimum absolute atomic E-state index is 0.199. The van der Waals surface area contributed by atoms with Crippen LogP contribution in [0.4, 0.5) is 5.69 Å². The molecule has 0 fully saturated rings. The van der Waals surface area contributed by atoms with Crippen molar-refractivity contribution in [2.45, 2.75) is 0 Å². The van der Waals surface area contributed by atoms with Gasteiger partial charge in [0, 0.05) is 15.6 Å². The number of carbonyl (C=O) groups is 1. The smallest absolute Gasteiger partial charge is 0.321 e. The molecule has 0 atom stereocenters. The Bertz CT molecular complexity index is 1140. The molecule has 25 heavy (non-hydrogen) atoms. The molecule has 0 saturated heterocycles. The largest absolute Gasteiger partial charge is 0.323 e. The first-order valence-electron chi connectivity index (χ1n) is 7.48. The van der Waals surface area contributed by atoms with Crippen LogP contribution in [0.3, 0.4) is 0 Å². The first kappa shape index (κ1) is 15.7. The van der Waals surface area contributed by atoms with Crippen molar-refractivity contribution in [2.75, 3.05) is 5.32 Å². The fourth-order valence-corrected chi connectivity index (χ4v) is 3.65. The molecule has 7 heteroatoms. The highest BCUT2D eigenvalue weighted by molar-refractivity contribution is 7.17. The molecule has 5 nitrogen and oxygen atoms in total. The second-order valence-corrected chi connectivity index (χ2v) is 6.99. The Balaban J connectivity index is 1.57. The normalized spacial score (nSPS) is 10.9. The Morgan fingerprint density at radius 2 is 1.84 bits per heavy atom. The number of carbonyl (C=O) groups excluding carboxylic acids is 1. The zero-order valence-electron chi connectivity index (χ0n) is 12.8. The number of rotatable bonds is 3. The predicted octanol–water partition coefficient (Wildman–Crippen LogP) is 4.49. The molecule has 0 bridgehead atoms. The van der Waals surface area contributed by atoms with E-state index in [-0.39, 0.29) is 11.6 Å². The molecule has 124 valence electrons. The summed E-state index contributed by atoms with van der Waals surface area (Å²) in [6.45, 7) is 0. The van der Waals surface area contributed by atoms with Gasteiger partial charge in [-0.25, -0.2) is 4.79 Å². The summed E-state index contributed by atoms with van der Waals surface area (Å²) in [6, 6.07) is 16.4. The second kappa shape index (κ2) is 6.23. The zero-order valence-corrected chi connectivity index (χ0v) is 14.4. The highest BCUT2D eigenvalue weighted by Gasteiger charge is 2.11. The van der Waals surface area contributed by atoms with Crippen molar-refractivity contribution in [3.05, 3.63) is 75.0 Å². The van der Waals surface area contributed by atoms with Crippen molar-refractivity contribution in [3.8, 4) is 10.4 Å². The molecule has 0 spiro atoms. The minimum Gasteiger partial charge on any atom is -0.321 e. The topological polar surface area (TPSA) is 77.8 Å². The Morgan fingerprint density at radius 1 is 1.00 bits per heavy atom. The second-order valence-electron chi connectivity index (χ2n) is 5.47. The molecule has 0 radical (unpaired) electrons. The SMILES string of the molecule is O=C(Nc1ccc2[nH]c(=O)[nH]c2c1)c1ccc(-c2cccc(Cl)c2)s1. The van der Waals surface area contributed by atoms with Crippen LogP contribution in [-0.2, 0) is 0 Å². The van der Waals surface area contributed by atoms with Crippen LogP contribution in [0.25, 0.3) is 21.5 Å². The van der Waals surface area contributed by atoms with Gasteiger partial charge >= 0.3 is 5.69 Å². The zero-order chi connectivity index (χ0) is 17.4. The fourth-order valence-electron chi connectivity index (χ4n) is 2.56. The van der Waals surface area contributed by atoms with Crippen LogP contribution in [0.2, 0.25) is 5.02 Å². The molecule has 4 rings (SSSR count). The Labute approximate surface area is 151 Å². The standard InChI is InChI=1S/C18H12ClN3O2S/c19-11-3-1-2-10(8-11)15-6-7-16(25-15)17(23)20-12-4-5-13-14(9-12)22-18(24)21-13/h1-9H,(H,20,23)(H2,21,22,24). The van der Waals surface area contributed by atoms with Gasteiger partial charge in [0.25, 0.3) is 5.91 Å². The van der Waals surface area contributed by atoms with Crippen LogP contribution in [0, 0.1) is 0 Å². The van der Waals surface area contributed by atoms with Crippen LogP contribution in [0.5, 0.6) is 0 Å². The fraction of sp³-hybridized carbons (Fsp3) is 0. The summed E-state index contributed by atoms with van der Waals surface area (Å²) >= 11 is 7.41. The van der Waals surface area contributed by atoms with Gasteiger partial charge in [0.1, 0.15) is 0 Å². The van der Waals surface area contributed by atoms with Crippen LogP contribution < -0.4 is 11.0 Å². The maximum absolute atomic E-state index is 12.5. The van der Waals surface area contributed by atoms with Gasteiger partial charge in [-0.3, -0.25) is 4.79 Å². The Morgan fingerprint density at radius 3 is 2.68 bits per heavy atom. The van der Waals surface area contributed by atoms with E-state index in [0.29, 0.717) is 26.6 Å². The first-order valence-corrected chi connectivity index (χ1v) is 8.67. The number of halogens is 1. The first-order chi connectivity index (χ1) is 12.1. The summed E-state index contributed by atoms with van der Waals surface area (Å²) in [6.07, 6.45) is 0. The number of H-pyrrole nitrogens is 2. The number of imidazole rings is 1. The number of aromatic amines is 2. The van der Waals surface area contributed by atoms with Crippen molar-refractivity contribution >= 4 is 45.6 Å². The lowest BCUT2D eigenvalue weighted by atomic mass is 10.2. The van der Waals surface area contributed by atoms with Gasteiger partial charge < -0.3 is 15.3 Å². The van der Waals surface area contributed by atoms with E-state index >= 15 is 0 Å². The lowest BCUT2D eigenvalue weighted by Crippen LogP contribution is -2.09. The van der Waals surface area contributed by atoms with Crippen LogP contribution in [0.1, 0.15) is 9.67 Å². The molecular formula is C18H12ClN3O2S. The number of fused-ring (bicyclic) bond motifs is 1. The van der Waals surface area contributed by atoms with Gasteiger partial charge in [-0.15, -0.1) is 11.3 Å². The number of aromatic nitrogens is 2. The molecule has 0 unspecified atom stereocenters. The van der Waals surface area contributed by atoms with Crippen molar-refractivity contribution in [1.29, 1.82) is 0 Å². The molecule has 2 heterocycles. The number of hydrogen-bond acceptors (Lipinski definition) is 3. The van der Waals surface area contributed by atoms with E-state index in [2.05, 4.69) is 15.3 Å². The van der Waals surface area contributed by atoms with Crippen LogP contribution >= 0.6 is 22.9 Å². The molecule has 3 N–H and O–H groups in total. The summed E-state index contributed by atoms with van der Waals surface area (Å²) in [7, 11) is 0. The van der Waals surface area contributed by atoms with E-state index in [0.717, 1.165) is 10.4 Å². The Kier molecular flexibility index (Phi) is 3.91. The molecule has 0 aliphatic heterocycles. The summed E-state index contributed by atoms with van der Waals surface area (Å²) in [5.41, 5.74) is 2.66. The molecule has 1 amide bonds. The van der Waals surface area contributed by atoms with Gasteiger partial charge in [0.2, 0.25) is 0 Å². The summed E-state index contributed by atoms with van der Waals surface area (Å²) in [4.78, 5) is 30.7. The number of benzene rings is 2. The van der Waals surface area contributed by atoms with E-state index in [4.69, 9.17) is 11.6 Å². The van der Waals surface area contributed by atoms with Crippen molar-refractivity contribution in [3.63, 3.8) is 0 Å². The van der Waals surface area contributed by atoms with Gasteiger partial charge in [-0.05, 0) is 48.0 Å². The summed E-state index contributed by atoms with van der Waals surface area (Å²) in [5.74, 6) is -0.199. The predicted molar refractivity (Wildman–Crippen MR) is 102 cm³/mol. The molecule has 0 aliphatic carbocycles. The maximum atomic E-state index is 12.5. The number of anilines is 1. The third-order valence-corrected chi connectivity index (χ3v) is 5.08. The maximum Gasteiger partial charge on any atom is 0.323 e. The number of thiophene rings is 1. The third kappa shape index (κ3) is 3.22. The third-order valence-electron chi connectivity index (χ3n) is 3.71. The van der Waals surface area contributed by atoms with Crippen LogP contribution in [-0.4, -0.2) is 15.9 Å². The highest BCUT2D eigenvalue weighted by atomic mass is 35.5.